The van der Waals surface area contributed by atoms with Gasteiger partial charge in [0, 0.05) is 25.3 Å². The highest BCUT2D eigenvalue weighted by atomic mass is 35.5. The number of ether oxygens (including phenoxy) is 1. The highest BCUT2D eigenvalue weighted by molar-refractivity contribution is 8.45. The van der Waals surface area contributed by atoms with Gasteiger partial charge in [0.05, 0.1) is 15.5 Å². The molecule has 0 atom stereocenters. The van der Waals surface area contributed by atoms with Gasteiger partial charge in [-0.2, -0.15) is 10.4 Å². The quantitative estimate of drug-likeness (QED) is 0.401. The molecule has 2 heterocycles. The number of carbonyl (C=O) groups excluding carboxylic acids is 1. The molecule has 1 saturated carbocycles. The van der Waals surface area contributed by atoms with E-state index in [2.05, 4.69) is 10.4 Å². The van der Waals surface area contributed by atoms with Crippen molar-refractivity contribution in [1.82, 2.24) is 9.78 Å². The molecule has 0 spiro atoms. The van der Waals surface area contributed by atoms with Gasteiger partial charge in [0.15, 0.2) is 5.69 Å². The predicted octanol–water partition coefficient (Wildman–Crippen LogP) is 6.06. The third-order valence-electron chi connectivity index (χ3n) is 6.24. The Hall–Kier alpha value is -2.27. The standard InChI is InChI=1S/C20H20Cl2F5N5O2S/c21-13-7-12(35(23,24,25,26)27)8-14(22)17(13)32-18(30-10-11-1-5-34-6-2-11)16(15(9-28)31-32)20(3-4-20)19(29)33/h7-8,11,30H,1-6,10H2,(H2,29,33). The third-order valence-corrected chi connectivity index (χ3v) is 7.94. The topological polar surface area (TPSA) is 106 Å². The number of halogens is 7. The van der Waals surface area contributed by atoms with E-state index in [9.17, 15) is 29.5 Å². The van der Waals surface area contributed by atoms with Crippen LogP contribution in [-0.2, 0) is 14.9 Å². The third kappa shape index (κ3) is 4.89. The maximum absolute atomic E-state index is 13.4. The van der Waals surface area contributed by atoms with Crippen molar-refractivity contribution in [3.8, 4) is 11.8 Å². The molecule has 35 heavy (non-hydrogen) atoms. The number of nitrogens with zero attached hydrogens (tertiary/aromatic N) is 3. The van der Waals surface area contributed by atoms with Crippen molar-refractivity contribution in [3.63, 3.8) is 0 Å². The Balaban J connectivity index is 1.89. The van der Waals surface area contributed by atoms with Crippen LogP contribution in [0.1, 0.15) is 36.9 Å². The van der Waals surface area contributed by atoms with Crippen molar-refractivity contribution < 1.29 is 29.0 Å². The van der Waals surface area contributed by atoms with E-state index in [4.69, 9.17) is 33.7 Å². The second kappa shape index (κ2) is 7.86. The molecule has 1 aromatic carbocycles. The molecule has 7 nitrogen and oxygen atoms in total. The Labute approximate surface area is 207 Å². The fourth-order valence-corrected chi connectivity index (χ4v) is 5.64. The van der Waals surface area contributed by atoms with Crippen LogP contribution in [0.2, 0.25) is 10.0 Å². The van der Waals surface area contributed by atoms with Crippen LogP contribution in [-0.4, -0.2) is 35.4 Å². The minimum Gasteiger partial charge on any atom is -0.381 e. The number of nitriles is 1. The second-order valence-electron chi connectivity index (χ2n) is 8.68. The molecule has 2 fully saturated rings. The molecular formula is C20H20Cl2F5N5O2S. The number of anilines is 1. The van der Waals surface area contributed by atoms with Gasteiger partial charge < -0.3 is 15.8 Å². The SMILES string of the molecule is N#Cc1nn(-c2c(Cl)cc(S(F)(F)(F)(F)F)cc2Cl)c(NCC2CCOCC2)c1C1(C(N)=O)CC1. The predicted molar refractivity (Wildman–Crippen MR) is 122 cm³/mol. The highest BCUT2D eigenvalue weighted by Gasteiger charge is 2.65. The van der Waals surface area contributed by atoms with Crippen LogP contribution >= 0.6 is 33.4 Å². The Morgan fingerprint density at radius 1 is 1.23 bits per heavy atom. The van der Waals surface area contributed by atoms with E-state index in [0.29, 0.717) is 32.6 Å². The number of benzene rings is 1. The Morgan fingerprint density at radius 3 is 2.26 bits per heavy atom. The summed E-state index contributed by atoms with van der Waals surface area (Å²) in [5.41, 5.74) is 4.02. The van der Waals surface area contributed by atoms with Crippen LogP contribution in [0.3, 0.4) is 0 Å². The van der Waals surface area contributed by atoms with E-state index in [1.807, 2.05) is 6.07 Å². The van der Waals surface area contributed by atoms with E-state index in [1.54, 1.807) is 0 Å². The zero-order chi connectivity index (χ0) is 25.9. The Kier molecular flexibility index (Phi) is 5.80. The van der Waals surface area contributed by atoms with Crippen molar-refractivity contribution >= 4 is 45.2 Å². The average Bonchev–Trinajstić information content (AvgIpc) is 3.47. The number of nitrogens with one attached hydrogen (secondary N) is 1. The second-order valence-corrected chi connectivity index (χ2v) is 11.9. The van der Waals surface area contributed by atoms with Crippen molar-refractivity contribution in [3.05, 3.63) is 33.4 Å². The number of rotatable bonds is 7. The first-order valence-electron chi connectivity index (χ1n) is 10.5. The lowest BCUT2D eigenvalue weighted by Crippen LogP contribution is -2.30. The molecule has 15 heteroatoms. The molecule has 0 unspecified atom stereocenters. The van der Waals surface area contributed by atoms with Crippen LogP contribution in [0.5, 0.6) is 0 Å². The smallest absolute Gasteiger partial charge is 0.310 e. The summed E-state index contributed by atoms with van der Waals surface area (Å²) in [6.07, 6.45) is 2.11. The monoisotopic (exact) mass is 559 g/mol. The fourth-order valence-electron chi connectivity index (χ4n) is 4.18. The average molecular weight is 560 g/mol. The molecule has 3 N–H and O–H groups in total. The zero-order valence-electron chi connectivity index (χ0n) is 18.0. The number of hydrogen-bond acceptors (Lipinski definition) is 5. The molecule has 2 aliphatic rings. The first-order valence-corrected chi connectivity index (χ1v) is 13.2. The largest absolute Gasteiger partial charge is 0.381 e. The van der Waals surface area contributed by atoms with Gasteiger partial charge in [-0.3, -0.25) is 4.79 Å². The summed E-state index contributed by atoms with van der Waals surface area (Å²) in [7, 11) is -10.1. The maximum Gasteiger partial charge on any atom is 0.310 e. The fraction of sp³-hybridized carbons (Fsp3) is 0.450. The van der Waals surface area contributed by atoms with Gasteiger partial charge in [-0.1, -0.05) is 42.6 Å². The number of nitrogens with two attached hydrogens (primary N) is 1. The number of primary amides is 1. The van der Waals surface area contributed by atoms with E-state index in [1.165, 1.54) is 0 Å². The van der Waals surface area contributed by atoms with Crippen molar-refractivity contribution in [2.75, 3.05) is 25.1 Å². The van der Waals surface area contributed by atoms with Crippen molar-refractivity contribution in [1.29, 1.82) is 5.26 Å². The summed E-state index contributed by atoms with van der Waals surface area (Å²) in [4.78, 5) is 10.0. The Morgan fingerprint density at radius 2 is 1.80 bits per heavy atom. The van der Waals surface area contributed by atoms with Crippen LogP contribution in [0.25, 0.3) is 5.69 Å². The van der Waals surface area contributed by atoms with E-state index in [0.717, 1.165) is 17.5 Å². The molecule has 0 radical (unpaired) electrons. The van der Waals surface area contributed by atoms with Gasteiger partial charge in [0.25, 0.3) is 0 Å². The lowest BCUT2D eigenvalue weighted by Gasteiger charge is -2.40. The number of aromatic nitrogens is 2. The first kappa shape index (κ1) is 25.8. The van der Waals surface area contributed by atoms with Gasteiger partial charge >= 0.3 is 10.2 Å². The van der Waals surface area contributed by atoms with Crippen LogP contribution < -0.4 is 11.1 Å². The van der Waals surface area contributed by atoms with Gasteiger partial charge in [-0.05, 0) is 43.7 Å². The summed E-state index contributed by atoms with van der Waals surface area (Å²) in [5.74, 6) is -0.458. The van der Waals surface area contributed by atoms with Gasteiger partial charge in [0.2, 0.25) is 5.91 Å². The molecule has 1 aromatic heterocycles. The van der Waals surface area contributed by atoms with Gasteiger partial charge in [0.1, 0.15) is 22.5 Å². The Bertz CT molecular complexity index is 1230. The van der Waals surface area contributed by atoms with Crippen LogP contribution in [0, 0.1) is 17.2 Å². The molecule has 1 aliphatic heterocycles. The lowest BCUT2D eigenvalue weighted by atomic mass is 9.94. The van der Waals surface area contributed by atoms with Gasteiger partial charge in [-0.25, -0.2) is 4.68 Å². The minimum atomic E-state index is -10.1. The molecule has 0 bridgehead atoms. The summed E-state index contributed by atoms with van der Waals surface area (Å²) in [6.45, 7) is 1.43. The summed E-state index contributed by atoms with van der Waals surface area (Å²) in [5, 5.41) is 15.4. The van der Waals surface area contributed by atoms with E-state index >= 15 is 0 Å². The molecule has 192 valence electrons. The number of amides is 1. The maximum atomic E-state index is 13.4. The minimum absolute atomic E-state index is 0.0704. The number of carbonyl (C=O) groups is 1. The molecule has 4 rings (SSSR count). The molecule has 1 saturated heterocycles. The van der Waals surface area contributed by atoms with Crippen molar-refractivity contribution in [2.24, 2.45) is 11.7 Å². The van der Waals surface area contributed by atoms with E-state index < -0.39 is 36.5 Å². The van der Waals surface area contributed by atoms with Crippen LogP contribution in [0.15, 0.2) is 17.0 Å². The highest BCUT2D eigenvalue weighted by Crippen LogP contribution is 3.02. The molecule has 2 aromatic rings. The number of hydrogen-bond donors (Lipinski definition) is 2. The van der Waals surface area contributed by atoms with Gasteiger partial charge in [-0.15, -0.1) is 0 Å². The zero-order valence-corrected chi connectivity index (χ0v) is 20.3. The van der Waals surface area contributed by atoms with E-state index in [-0.39, 0.29) is 40.8 Å². The first-order chi connectivity index (χ1) is 16.1. The summed E-state index contributed by atoms with van der Waals surface area (Å²) in [6, 6.07) is 2.01. The lowest BCUT2D eigenvalue weighted by molar-refractivity contribution is -0.120. The molecular weight excluding hydrogens is 540 g/mol. The normalized spacial score (nSPS) is 19.9. The van der Waals surface area contributed by atoms with Crippen LogP contribution in [0.4, 0.5) is 25.2 Å². The summed E-state index contributed by atoms with van der Waals surface area (Å²) >= 11 is 12.1. The molecule has 1 amide bonds. The molecule has 1 aliphatic carbocycles. The van der Waals surface area contributed by atoms with Crippen molar-refractivity contribution in [2.45, 2.75) is 36.0 Å². The summed E-state index contributed by atoms with van der Waals surface area (Å²) < 4.78 is 73.2.